The average Bonchev–Trinajstić information content (AvgIpc) is 2.97. The van der Waals surface area contributed by atoms with Crippen LogP contribution in [0.5, 0.6) is 0 Å². The topological polar surface area (TPSA) is 51.0 Å². The fourth-order valence-corrected chi connectivity index (χ4v) is 3.41. The summed E-state index contributed by atoms with van der Waals surface area (Å²) in [6.45, 7) is 6.58. The van der Waals surface area contributed by atoms with E-state index in [1.54, 1.807) is 42.1 Å². The van der Waals surface area contributed by atoms with Crippen molar-refractivity contribution in [2.24, 2.45) is 5.92 Å². The van der Waals surface area contributed by atoms with Crippen molar-refractivity contribution in [3.8, 4) is 0 Å². The number of carbonyl (C=O) groups excluding carboxylic acids is 1. The van der Waals surface area contributed by atoms with Crippen LogP contribution in [-0.4, -0.2) is 20.7 Å². The minimum absolute atomic E-state index is 0.0197. The zero-order valence-electron chi connectivity index (χ0n) is 17.5. The Kier molecular flexibility index (Phi) is 7.17. The van der Waals surface area contributed by atoms with E-state index in [0.29, 0.717) is 34.6 Å². The number of halogens is 3. The van der Waals surface area contributed by atoms with Crippen LogP contribution in [0.4, 0.5) is 14.5 Å². The summed E-state index contributed by atoms with van der Waals surface area (Å²) < 4.78 is 29.6. The van der Waals surface area contributed by atoms with Gasteiger partial charge in [-0.2, -0.15) is 5.10 Å². The fourth-order valence-electron chi connectivity index (χ4n) is 3.10. The largest absolute Gasteiger partial charge is 0.300 e. The van der Waals surface area contributed by atoms with Gasteiger partial charge in [0.25, 0.3) is 5.91 Å². The molecule has 0 aliphatic carbocycles. The summed E-state index contributed by atoms with van der Waals surface area (Å²) in [6, 6.07) is 8.33. The number of pyridine rings is 1. The molecular weight excluding hydrogens is 422 g/mol. The van der Waals surface area contributed by atoms with E-state index in [9.17, 15) is 13.6 Å². The molecule has 1 amide bonds. The lowest BCUT2D eigenvalue weighted by molar-refractivity contribution is -0.114. The van der Waals surface area contributed by atoms with Gasteiger partial charge in [0, 0.05) is 30.4 Å². The van der Waals surface area contributed by atoms with Crippen molar-refractivity contribution in [2.45, 2.75) is 33.9 Å². The molecule has 8 heteroatoms. The van der Waals surface area contributed by atoms with Gasteiger partial charge in [0.2, 0.25) is 0 Å². The summed E-state index contributed by atoms with van der Waals surface area (Å²) in [5, 5.41) is 4.85. The molecule has 0 fully saturated rings. The predicted octanol–water partition coefficient (Wildman–Crippen LogP) is 5.42. The number of aromatic nitrogens is 3. The van der Waals surface area contributed by atoms with Gasteiger partial charge in [-0.15, -0.1) is 0 Å². The van der Waals surface area contributed by atoms with E-state index in [1.807, 2.05) is 0 Å². The molecule has 0 atom stereocenters. The highest BCUT2D eigenvalue weighted by atomic mass is 35.5. The zero-order valence-corrected chi connectivity index (χ0v) is 18.3. The molecule has 31 heavy (non-hydrogen) atoms. The number of benzene rings is 1. The van der Waals surface area contributed by atoms with Crippen molar-refractivity contribution >= 4 is 29.3 Å². The summed E-state index contributed by atoms with van der Waals surface area (Å²) in [5.74, 6) is -1.70. The Morgan fingerprint density at radius 2 is 2.03 bits per heavy atom. The third-order valence-corrected chi connectivity index (χ3v) is 4.95. The van der Waals surface area contributed by atoms with Gasteiger partial charge in [0.1, 0.15) is 16.8 Å². The molecule has 0 aliphatic heterocycles. The maximum Gasteiger partial charge on any atom is 0.251 e. The number of aryl methyl sites for hydroxylation is 1. The average molecular weight is 445 g/mol. The molecule has 0 spiro atoms. The van der Waals surface area contributed by atoms with E-state index < -0.39 is 17.5 Å². The Bertz CT molecular complexity index is 1100. The number of hydrogen-bond donors (Lipinski definition) is 0. The number of amides is 1. The summed E-state index contributed by atoms with van der Waals surface area (Å²) in [7, 11) is 0. The highest BCUT2D eigenvalue weighted by Gasteiger charge is 2.20. The minimum Gasteiger partial charge on any atom is -0.300 e. The summed E-state index contributed by atoms with van der Waals surface area (Å²) >= 11 is 6.44. The van der Waals surface area contributed by atoms with Crippen LogP contribution in [0.15, 0.2) is 48.7 Å². The monoisotopic (exact) mass is 444 g/mol. The van der Waals surface area contributed by atoms with Crippen LogP contribution in [0.2, 0.25) is 5.15 Å². The SMILES string of the molecule is Cc1nn(CC(C)C)c(Cl)c1C=CC(=O)N(Cc1ccccn1)c1ccc(F)cc1F. The van der Waals surface area contributed by atoms with Gasteiger partial charge in [-0.1, -0.05) is 31.5 Å². The second kappa shape index (κ2) is 9.83. The Labute approximate surface area is 185 Å². The normalized spacial score (nSPS) is 11.5. The van der Waals surface area contributed by atoms with Crippen LogP contribution in [-0.2, 0) is 17.9 Å². The van der Waals surface area contributed by atoms with E-state index in [1.165, 1.54) is 17.0 Å². The lowest BCUT2D eigenvalue weighted by atomic mass is 10.2. The third-order valence-electron chi connectivity index (χ3n) is 4.55. The van der Waals surface area contributed by atoms with Gasteiger partial charge in [-0.25, -0.2) is 8.78 Å². The lowest BCUT2D eigenvalue weighted by Gasteiger charge is -2.21. The summed E-state index contributed by atoms with van der Waals surface area (Å²) in [4.78, 5) is 18.5. The summed E-state index contributed by atoms with van der Waals surface area (Å²) in [5.41, 5.74) is 1.82. The van der Waals surface area contributed by atoms with Crippen molar-refractivity contribution in [1.82, 2.24) is 14.8 Å². The van der Waals surface area contributed by atoms with Gasteiger partial charge in [-0.3, -0.25) is 19.4 Å². The molecule has 3 aromatic rings. The molecule has 0 saturated carbocycles. The predicted molar refractivity (Wildman–Crippen MR) is 118 cm³/mol. The molecule has 1 aromatic carbocycles. The first-order chi connectivity index (χ1) is 14.8. The second-order valence-electron chi connectivity index (χ2n) is 7.54. The van der Waals surface area contributed by atoms with E-state index in [-0.39, 0.29) is 12.2 Å². The van der Waals surface area contributed by atoms with Crippen molar-refractivity contribution in [3.63, 3.8) is 0 Å². The molecule has 3 rings (SSSR count). The van der Waals surface area contributed by atoms with Crippen LogP contribution in [0.25, 0.3) is 6.08 Å². The smallest absolute Gasteiger partial charge is 0.251 e. The summed E-state index contributed by atoms with van der Waals surface area (Å²) in [6.07, 6.45) is 4.46. The first-order valence-corrected chi connectivity index (χ1v) is 10.2. The Hall–Kier alpha value is -3.06. The molecule has 0 bridgehead atoms. The van der Waals surface area contributed by atoms with E-state index in [2.05, 4.69) is 23.9 Å². The number of rotatable bonds is 7. The molecule has 0 radical (unpaired) electrons. The van der Waals surface area contributed by atoms with Crippen molar-refractivity contribution < 1.29 is 13.6 Å². The van der Waals surface area contributed by atoms with E-state index >= 15 is 0 Å². The molecule has 0 unspecified atom stereocenters. The van der Waals surface area contributed by atoms with Gasteiger partial charge >= 0.3 is 0 Å². The Morgan fingerprint density at radius 3 is 2.68 bits per heavy atom. The van der Waals surface area contributed by atoms with Crippen LogP contribution < -0.4 is 4.90 Å². The third kappa shape index (κ3) is 5.55. The van der Waals surface area contributed by atoms with Crippen LogP contribution >= 0.6 is 11.6 Å². The number of anilines is 1. The Balaban J connectivity index is 1.92. The minimum atomic E-state index is -0.836. The van der Waals surface area contributed by atoms with Crippen LogP contribution in [0.1, 0.15) is 30.8 Å². The number of nitrogens with zero attached hydrogens (tertiary/aromatic N) is 4. The van der Waals surface area contributed by atoms with Crippen molar-refractivity contribution in [1.29, 1.82) is 0 Å². The van der Waals surface area contributed by atoms with Crippen molar-refractivity contribution in [3.05, 3.63) is 82.4 Å². The Morgan fingerprint density at radius 1 is 1.26 bits per heavy atom. The number of carbonyl (C=O) groups is 1. The maximum absolute atomic E-state index is 14.5. The van der Waals surface area contributed by atoms with Crippen LogP contribution in [0, 0.1) is 24.5 Å². The molecule has 0 saturated heterocycles. The van der Waals surface area contributed by atoms with Crippen LogP contribution in [0.3, 0.4) is 0 Å². The first kappa shape index (κ1) is 22.6. The van der Waals surface area contributed by atoms with Gasteiger partial charge < -0.3 is 0 Å². The fraction of sp³-hybridized carbons (Fsp3) is 0.261. The molecule has 5 nitrogen and oxygen atoms in total. The van der Waals surface area contributed by atoms with Gasteiger partial charge in [0.15, 0.2) is 0 Å². The molecule has 162 valence electrons. The number of hydrogen-bond acceptors (Lipinski definition) is 3. The maximum atomic E-state index is 14.5. The van der Waals surface area contributed by atoms with Crippen molar-refractivity contribution in [2.75, 3.05) is 4.90 Å². The van der Waals surface area contributed by atoms with E-state index in [0.717, 1.165) is 12.1 Å². The van der Waals surface area contributed by atoms with E-state index in [4.69, 9.17) is 11.6 Å². The highest BCUT2D eigenvalue weighted by Crippen LogP contribution is 2.25. The van der Waals surface area contributed by atoms with Gasteiger partial charge in [0.05, 0.1) is 23.6 Å². The second-order valence-corrected chi connectivity index (χ2v) is 7.90. The first-order valence-electron chi connectivity index (χ1n) is 9.83. The quantitative estimate of drug-likeness (QED) is 0.457. The molecule has 2 heterocycles. The molecule has 0 N–H and O–H groups in total. The lowest BCUT2D eigenvalue weighted by Crippen LogP contribution is -2.30. The van der Waals surface area contributed by atoms with Gasteiger partial charge in [-0.05, 0) is 43.2 Å². The zero-order chi connectivity index (χ0) is 22.5. The molecular formula is C23H23ClF2N4O. The molecule has 0 aliphatic rings. The molecule has 2 aromatic heterocycles. The standard InChI is InChI=1S/C23H23ClF2N4O/c1-15(2)13-30-23(24)19(16(3)28-30)8-10-22(31)29(14-18-6-4-5-11-27-18)21-9-7-17(25)12-20(21)26/h4-12,15H,13-14H2,1-3H3. The highest BCUT2D eigenvalue weighted by molar-refractivity contribution is 6.31.